The number of aliphatic hydroxyl groups is 2. The Kier molecular flexibility index (Phi) is 5.79. The number of ketones is 1. The second-order valence-electron chi connectivity index (χ2n) is 11.7. The molecule has 0 aromatic carbocycles. The summed E-state index contributed by atoms with van der Waals surface area (Å²) < 4.78 is 0. The van der Waals surface area contributed by atoms with Gasteiger partial charge in [-0.2, -0.15) is 0 Å². The third kappa shape index (κ3) is 3.55. The molecule has 0 unspecified atom stereocenters. The van der Waals surface area contributed by atoms with Gasteiger partial charge in [0.25, 0.3) is 0 Å². The molecule has 4 aliphatic carbocycles. The third-order valence-electron chi connectivity index (χ3n) is 9.83. The fourth-order valence-electron chi connectivity index (χ4n) is 8.00. The van der Waals surface area contributed by atoms with E-state index in [0.29, 0.717) is 30.1 Å². The highest BCUT2D eigenvalue weighted by molar-refractivity contribution is 5.83. The number of carbonyl (C=O) groups is 1. The molecule has 0 spiro atoms. The number of fused-ring (bicyclic) bond motifs is 5. The van der Waals surface area contributed by atoms with Gasteiger partial charge in [0.1, 0.15) is 6.10 Å². The van der Waals surface area contributed by atoms with Crippen LogP contribution in [0.5, 0.6) is 0 Å². The molecule has 0 aromatic rings. The number of Topliss-reactive ketones (excluding diaryl/α,β-unsaturated/α-hetero) is 1. The van der Waals surface area contributed by atoms with Gasteiger partial charge in [-0.1, -0.05) is 39.3 Å². The maximum Gasteiger partial charge on any atom is 0.161 e. The van der Waals surface area contributed by atoms with Crippen LogP contribution in [0.3, 0.4) is 0 Å². The van der Waals surface area contributed by atoms with Gasteiger partial charge >= 0.3 is 0 Å². The lowest BCUT2D eigenvalue weighted by Gasteiger charge is -2.58. The van der Waals surface area contributed by atoms with Crippen LogP contribution >= 0.6 is 0 Å². The number of carbonyl (C=O) groups excluding carboxylic acids is 1. The van der Waals surface area contributed by atoms with Crippen molar-refractivity contribution in [2.24, 2.45) is 40.4 Å². The van der Waals surface area contributed by atoms with Gasteiger partial charge in [-0.15, -0.1) is 0 Å². The average Bonchev–Trinajstić information content (AvgIpc) is 3.03. The molecule has 3 nitrogen and oxygen atoms in total. The van der Waals surface area contributed by atoms with Crippen LogP contribution in [0.4, 0.5) is 0 Å². The van der Waals surface area contributed by atoms with Crippen molar-refractivity contribution in [3.05, 3.63) is 11.6 Å². The fraction of sp³-hybridized carbons (Fsp3) is 0.885. The van der Waals surface area contributed by atoms with Crippen molar-refractivity contribution >= 4 is 5.78 Å². The van der Waals surface area contributed by atoms with Crippen molar-refractivity contribution in [3.8, 4) is 0 Å². The molecule has 2 N–H and O–H groups in total. The van der Waals surface area contributed by atoms with Crippen LogP contribution in [-0.2, 0) is 4.79 Å². The molecule has 3 saturated carbocycles. The molecule has 0 aliphatic heterocycles. The number of hydrogen-bond donors (Lipinski definition) is 2. The Labute approximate surface area is 177 Å². The standard InChI is InChI=1S/C26H42O3/c1-16(2)5-10-23(28)24(29)22-9-8-20-19-7-6-17-15-18(27)11-13-25(17,3)21(19)12-14-26(20,22)4/h6,16,18-22,24,27,29H,5,7-15H2,1-4H3/t18-,19-,20-,21-,22+,24-,25-,26-/m0/s1. The molecular weight excluding hydrogens is 360 g/mol. The van der Waals surface area contributed by atoms with Crippen LogP contribution in [0.15, 0.2) is 11.6 Å². The minimum Gasteiger partial charge on any atom is -0.393 e. The predicted octanol–water partition coefficient (Wildman–Crippen LogP) is 5.29. The summed E-state index contributed by atoms with van der Waals surface area (Å²) in [6, 6.07) is 0. The molecule has 3 heteroatoms. The summed E-state index contributed by atoms with van der Waals surface area (Å²) in [7, 11) is 0. The van der Waals surface area contributed by atoms with Crippen LogP contribution in [-0.4, -0.2) is 28.2 Å². The van der Waals surface area contributed by atoms with E-state index in [1.807, 2.05) is 0 Å². The molecule has 164 valence electrons. The Hall–Kier alpha value is -0.670. The first-order valence-corrected chi connectivity index (χ1v) is 12.2. The van der Waals surface area contributed by atoms with Gasteiger partial charge in [-0.3, -0.25) is 4.79 Å². The highest BCUT2D eigenvalue weighted by Crippen LogP contribution is 2.66. The first-order chi connectivity index (χ1) is 13.7. The van der Waals surface area contributed by atoms with Crippen molar-refractivity contribution < 1.29 is 15.0 Å². The first-order valence-electron chi connectivity index (χ1n) is 12.2. The highest BCUT2D eigenvalue weighted by Gasteiger charge is 2.60. The van der Waals surface area contributed by atoms with E-state index in [4.69, 9.17) is 0 Å². The van der Waals surface area contributed by atoms with E-state index in [2.05, 4.69) is 33.8 Å². The van der Waals surface area contributed by atoms with Crippen molar-refractivity contribution in [2.45, 2.75) is 104 Å². The number of hydrogen-bond acceptors (Lipinski definition) is 3. The minimum absolute atomic E-state index is 0.0757. The maximum absolute atomic E-state index is 12.7. The summed E-state index contributed by atoms with van der Waals surface area (Å²) in [4.78, 5) is 12.7. The molecule has 4 rings (SSSR count). The maximum atomic E-state index is 12.7. The zero-order valence-electron chi connectivity index (χ0n) is 19.0. The van der Waals surface area contributed by atoms with E-state index in [1.165, 1.54) is 18.4 Å². The smallest absolute Gasteiger partial charge is 0.161 e. The van der Waals surface area contributed by atoms with Gasteiger partial charge in [-0.25, -0.2) is 0 Å². The average molecular weight is 403 g/mol. The van der Waals surface area contributed by atoms with Crippen LogP contribution < -0.4 is 0 Å². The number of aliphatic hydroxyl groups excluding tert-OH is 2. The number of allylic oxidation sites excluding steroid dienone is 1. The van der Waals surface area contributed by atoms with Gasteiger partial charge in [0.15, 0.2) is 5.78 Å². The van der Waals surface area contributed by atoms with Crippen LogP contribution in [0.25, 0.3) is 0 Å². The quantitative estimate of drug-likeness (QED) is 0.614. The summed E-state index contributed by atoms with van der Waals surface area (Å²) >= 11 is 0. The van der Waals surface area contributed by atoms with Gasteiger partial charge < -0.3 is 10.2 Å². The summed E-state index contributed by atoms with van der Waals surface area (Å²) in [5.74, 6) is 2.74. The largest absolute Gasteiger partial charge is 0.393 e. The lowest BCUT2D eigenvalue weighted by molar-refractivity contribution is -0.135. The van der Waals surface area contributed by atoms with Crippen LogP contribution in [0, 0.1) is 40.4 Å². The molecule has 8 atom stereocenters. The molecule has 29 heavy (non-hydrogen) atoms. The third-order valence-corrected chi connectivity index (χ3v) is 9.83. The fourth-order valence-corrected chi connectivity index (χ4v) is 8.00. The van der Waals surface area contributed by atoms with E-state index in [1.54, 1.807) is 0 Å². The van der Waals surface area contributed by atoms with E-state index in [0.717, 1.165) is 44.9 Å². The molecule has 0 bridgehead atoms. The van der Waals surface area contributed by atoms with E-state index >= 15 is 0 Å². The summed E-state index contributed by atoms with van der Waals surface area (Å²) in [6.45, 7) is 9.13. The zero-order valence-corrected chi connectivity index (χ0v) is 19.0. The Bertz CT molecular complexity index is 667. The van der Waals surface area contributed by atoms with Gasteiger partial charge in [-0.05, 0) is 98.2 Å². The monoisotopic (exact) mass is 402 g/mol. The van der Waals surface area contributed by atoms with Gasteiger partial charge in [0, 0.05) is 6.42 Å². The zero-order chi connectivity index (χ0) is 21.0. The Morgan fingerprint density at radius 3 is 2.62 bits per heavy atom. The minimum atomic E-state index is -0.768. The number of rotatable bonds is 5. The van der Waals surface area contributed by atoms with Crippen molar-refractivity contribution in [2.75, 3.05) is 0 Å². The second kappa shape index (κ2) is 7.79. The summed E-state index contributed by atoms with van der Waals surface area (Å²) in [6.07, 6.45) is 11.5. The molecule has 0 saturated heterocycles. The normalized spacial score (nSPS) is 45.2. The molecule has 0 amide bonds. The molecule has 0 aromatic heterocycles. The topological polar surface area (TPSA) is 57.5 Å². The van der Waals surface area contributed by atoms with Crippen LogP contribution in [0.1, 0.15) is 91.9 Å². The Balaban J connectivity index is 1.52. The molecule has 0 radical (unpaired) electrons. The predicted molar refractivity (Wildman–Crippen MR) is 116 cm³/mol. The van der Waals surface area contributed by atoms with E-state index < -0.39 is 6.10 Å². The Morgan fingerprint density at radius 1 is 1.14 bits per heavy atom. The van der Waals surface area contributed by atoms with Crippen molar-refractivity contribution in [1.82, 2.24) is 0 Å². The van der Waals surface area contributed by atoms with Gasteiger partial charge in [0.2, 0.25) is 0 Å². The molecular formula is C26H42O3. The molecule has 0 heterocycles. The van der Waals surface area contributed by atoms with Crippen molar-refractivity contribution in [1.29, 1.82) is 0 Å². The van der Waals surface area contributed by atoms with Gasteiger partial charge in [0.05, 0.1) is 6.10 Å². The lowest BCUT2D eigenvalue weighted by atomic mass is 9.47. The van der Waals surface area contributed by atoms with Crippen LogP contribution in [0.2, 0.25) is 0 Å². The molecule has 3 fully saturated rings. The second-order valence-corrected chi connectivity index (χ2v) is 11.7. The van der Waals surface area contributed by atoms with E-state index in [-0.39, 0.29) is 28.6 Å². The summed E-state index contributed by atoms with van der Waals surface area (Å²) in [5.41, 5.74) is 1.87. The molecule has 4 aliphatic rings. The van der Waals surface area contributed by atoms with E-state index in [9.17, 15) is 15.0 Å². The highest BCUT2D eigenvalue weighted by atomic mass is 16.3. The first kappa shape index (κ1) is 21.6. The Morgan fingerprint density at radius 2 is 1.90 bits per heavy atom. The summed E-state index contributed by atoms with van der Waals surface area (Å²) in [5, 5.41) is 21.2. The SMILES string of the molecule is CC(C)CCC(=O)[C@@H](O)[C@H]1CC[C@H]2[C@@H]3CC=C4C[C@@H](O)CC[C@]4(C)[C@H]3CC[C@]12C. The van der Waals surface area contributed by atoms with Crippen molar-refractivity contribution in [3.63, 3.8) is 0 Å². The lowest BCUT2D eigenvalue weighted by Crippen LogP contribution is -2.52.